The van der Waals surface area contributed by atoms with Crippen molar-refractivity contribution in [1.82, 2.24) is 0 Å². The van der Waals surface area contributed by atoms with Crippen LogP contribution in [0.5, 0.6) is 0 Å². The van der Waals surface area contributed by atoms with Gasteiger partial charge in [-0.05, 0) is 71.9 Å². The van der Waals surface area contributed by atoms with Crippen molar-refractivity contribution >= 4 is 33.8 Å². The normalized spacial score (nSPS) is 10.5. The number of rotatable bonds is 5. The summed E-state index contributed by atoms with van der Waals surface area (Å²) in [7, 11) is 0. The van der Waals surface area contributed by atoms with Crippen LogP contribution < -0.4 is 0 Å². The lowest BCUT2D eigenvalue weighted by Gasteiger charge is -2.09. The number of hydrogen-bond donors (Lipinski definition) is 0. The van der Waals surface area contributed by atoms with E-state index in [0.29, 0.717) is 16.7 Å². The molecule has 0 aromatic heterocycles. The molecule has 2 nitrogen and oxygen atoms in total. The second-order valence-electron chi connectivity index (χ2n) is 5.21. The van der Waals surface area contributed by atoms with Crippen molar-refractivity contribution in [3.05, 3.63) is 72.6 Å². The average molecular weight is 394 g/mol. The van der Waals surface area contributed by atoms with Gasteiger partial charge in [0.25, 0.3) is 0 Å². The maximum absolute atomic E-state index is 14.3. The van der Waals surface area contributed by atoms with Crippen LogP contribution in [0.15, 0.2) is 64.9 Å². The first-order valence-electron chi connectivity index (χ1n) is 7.23. The Hall–Kier alpha value is -2.25. The minimum atomic E-state index is -0.973. The number of carbonyl (C=O) groups is 2. The summed E-state index contributed by atoms with van der Waals surface area (Å²) in [6, 6.07) is 5.81. The molecule has 7 heteroatoms. The van der Waals surface area contributed by atoms with Crippen LogP contribution in [0, 0.1) is 17.5 Å². The molecule has 2 rings (SSSR count). The highest BCUT2D eigenvalue weighted by Gasteiger charge is 2.18. The maximum atomic E-state index is 14.3. The van der Waals surface area contributed by atoms with Gasteiger partial charge in [-0.25, -0.2) is 13.2 Å². The van der Waals surface area contributed by atoms with Crippen LogP contribution in [0.1, 0.15) is 6.92 Å². The smallest absolute Gasteiger partial charge is 0.219 e. The SMILES string of the molecule is C=CC(=O)Sc1ccc(-c2cc(F)c(SC(=O)C(=C)C)c(F)c2)c(F)c1. The zero-order valence-corrected chi connectivity index (χ0v) is 15.3. The fourth-order valence-corrected chi connectivity index (χ4v) is 3.23. The first kappa shape index (κ1) is 20.1. The third kappa shape index (κ3) is 4.68. The van der Waals surface area contributed by atoms with Crippen molar-refractivity contribution < 1.29 is 22.8 Å². The number of hydrogen-bond acceptors (Lipinski definition) is 4. The topological polar surface area (TPSA) is 34.1 Å². The van der Waals surface area contributed by atoms with Gasteiger partial charge in [-0.3, -0.25) is 9.59 Å². The van der Waals surface area contributed by atoms with Crippen molar-refractivity contribution in [2.45, 2.75) is 16.7 Å². The molecule has 0 heterocycles. The first-order chi connectivity index (χ1) is 12.2. The zero-order valence-electron chi connectivity index (χ0n) is 13.6. The molecule has 0 spiro atoms. The fraction of sp³-hybridized carbons (Fsp3) is 0.0526. The van der Waals surface area contributed by atoms with Crippen LogP contribution in [0.4, 0.5) is 13.2 Å². The highest BCUT2D eigenvalue weighted by atomic mass is 32.2. The lowest BCUT2D eigenvalue weighted by Crippen LogP contribution is -1.97. The van der Waals surface area contributed by atoms with E-state index in [1.54, 1.807) is 0 Å². The Morgan fingerprint density at radius 3 is 2.12 bits per heavy atom. The molecule has 0 radical (unpaired) electrons. The van der Waals surface area contributed by atoms with E-state index in [1.165, 1.54) is 19.1 Å². The molecule has 0 saturated carbocycles. The molecule has 0 N–H and O–H groups in total. The van der Waals surface area contributed by atoms with E-state index in [9.17, 15) is 22.8 Å². The monoisotopic (exact) mass is 394 g/mol. The Morgan fingerprint density at radius 1 is 1.00 bits per heavy atom. The molecule has 2 aromatic carbocycles. The molecule has 0 unspecified atom stereocenters. The van der Waals surface area contributed by atoms with E-state index >= 15 is 0 Å². The molecule has 0 aliphatic carbocycles. The Morgan fingerprint density at radius 2 is 1.62 bits per heavy atom. The molecule has 0 aliphatic rings. The molecular weight excluding hydrogens is 381 g/mol. The molecular formula is C19H13F3O2S2. The highest BCUT2D eigenvalue weighted by molar-refractivity contribution is 8.14. The number of halogens is 3. The van der Waals surface area contributed by atoms with Gasteiger partial charge >= 0.3 is 0 Å². The number of thioether (sulfide) groups is 2. The van der Waals surface area contributed by atoms with E-state index in [0.717, 1.165) is 36.0 Å². The number of carbonyl (C=O) groups excluding carboxylic acids is 2. The molecule has 0 amide bonds. The van der Waals surface area contributed by atoms with Crippen LogP contribution in [0.3, 0.4) is 0 Å². The van der Waals surface area contributed by atoms with Crippen molar-refractivity contribution in [3.8, 4) is 11.1 Å². The summed E-state index contributed by atoms with van der Waals surface area (Å²) < 4.78 is 42.8. The Kier molecular flexibility index (Phi) is 6.50. The summed E-state index contributed by atoms with van der Waals surface area (Å²) in [5, 5.41) is -0.909. The van der Waals surface area contributed by atoms with Gasteiger partial charge in [-0.2, -0.15) is 0 Å². The molecule has 2 aromatic rings. The van der Waals surface area contributed by atoms with Gasteiger partial charge in [0.05, 0.1) is 4.90 Å². The van der Waals surface area contributed by atoms with Gasteiger partial charge in [0.1, 0.15) is 17.5 Å². The van der Waals surface area contributed by atoms with Gasteiger partial charge in [-0.1, -0.05) is 19.2 Å². The fourth-order valence-electron chi connectivity index (χ4n) is 1.94. The van der Waals surface area contributed by atoms with E-state index < -0.39 is 27.5 Å². The maximum Gasteiger partial charge on any atom is 0.219 e. The third-order valence-electron chi connectivity index (χ3n) is 3.18. The summed E-state index contributed by atoms with van der Waals surface area (Å²) in [6.07, 6.45) is 1.10. The molecule has 0 atom stereocenters. The summed E-state index contributed by atoms with van der Waals surface area (Å²) >= 11 is 1.18. The minimum absolute atomic E-state index is 0.0174. The minimum Gasteiger partial charge on any atom is -0.282 e. The van der Waals surface area contributed by atoms with E-state index in [1.807, 2.05) is 0 Å². The lowest BCUT2D eigenvalue weighted by molar-refractivity contribution is -0.108. The molecule has 0 aliphatic heterocycles. The van der Waals surface area contributed by atoms with Gasteiger partial charge in [0, 0.05) is 10.5 Å². The highest BCUT2D eigenvalue weighted by Crippen LogP contribution is 2.34. The largest absolute Gasteiger partial charge is 0.282 e. The van der Waals surface area contributed by atoms with Gasteiger partial charge in [0.2, 0.25) is 10.2 Å². The first-order valence-corrected chi connectivity index (χ1v) is 8.87. The van der Waals surface area contributed by atoms with Crippen molar-refractivity contribution in [2.75, 3.05) is 0 Å². The predicted octanol–water partition coefficient (Wildman–Crippen LogP) is 5.77. The van der Waals surface area contributed by atoms with E-state index in [4.69, 9.17) is 0 Å². The Balaban J connectivity index is 2.37. The molecule has 0 saturated heterocycles. The molecule has 134 valence electrons. The predicted molar refractivity (Wildman–Crippen MR) is 98.5 cm³/mol. The van der Waals surface area contributed by atoms with Crippen LogP contribution in [0.25, 0.3) is 11.1 Å². The second-order valence-corrected chi connectivity index (χ2v) is 7.27. The van der Waals surface area contributed by atoms with Crippen molar-refractivity contribution in [3.63, 3.8) is 0 Å². The van der Waals surface area contributed by atoms with Crippen LogP contribution in [0.2, 0.25) is 0 Å². The molecule has 0 bridgehead atoms. The van der Waals surface area contributed by atoms with Gasteiger partial charge in [0.15, 0.2) is 0 Å². The number of benzene rings is 2. The quantitative estimate of drug-likeness (QED) is 0.476. The Bertz CT molecular complexity index is 900. The standard InChI is InChI=1S/C19H13F3O2S2/c1-4-17(23)25-12-5-6-13(14(20)9-12)11-7-15(21)18(16(22)8-11)26-19(24)10(2)3/h4-9H,1-2H2,3H3. The summed E-state index contributed by atoms with van der Waals surface area (Å²) in [5.41, 5.74) is 0.114. The van der Waals surface area contributed by atoms with Crippen LogP contribution >= 0.6 is 23.5 Å². The second kappa shape index (κ2) is 8.42. The lowest BCUT2D eigenvalue weighted by atomic mass is 10.0. The average Bonchev–Trinajstić information content (AvgIpc) is 2.57. The summed E-state index contributed by atoms with van der Waals surface area (Å²) in [6.45, 7) is 8.19. The zero-order chi connectivity index (χ0) is 19.4. The molecule has 26 heavy (non-hydrogen) atoms. The Labute approximate surface area is 157 Å². The van der Waals surface area contributed by atoms with E-state index in [2.05, 4.69) is 13.2 Å². The van der Waals surface area contributed by atoms with Gasteiger partial charge < -0.3 is 0 Å². The summed E-state index contributed by atoms with van der Waals surface area (Å²) in [5.74, 6) is -2.68. The summed E-state index contributed by atoms with van der Waals surface area (Å²) in [4.78, 5) is 22.8. The van der Waals surface area contributed by atoms with Crippen LogP contribution in [-0.2, 0) is 9.59 Å². The van der Waals surface area contributed by atoms with Crippen LogP contribution in [-0.4, -0.2) is 10.2 Å². The van der Waals surface area contributed by atoms with E-state index in [-0.39, 0.29) is 21.8 Å². The van der Waals surface area contributed by atoms with Crippen molar-refractivity contribution in [2.24, 2.45) is 0 Å². The van der Waals surface area contributed by atoms with Crippen molar-refractivity contribution in [1.29, 1.82) is 0 Å². The third-order valence-corrected chi connectivity index (χ3v) is 5.16. The molecule has 0 fully saturated rings. The van der Waals surface area contributed by atoms with Gasteiger partial charge in [-0.15, -0.1) is 0 Å².